The summed E-state index contributed by atoms with van der Waals surface area (Å²) in [6.07, 6.45) is 3.39. The molecule has 1 amide bonds. The van der Waals surface area contributed by atoms with Crippen molar-refractivity contribution in [1.82, 2.24) is 15.2 Å². The number of nitrogens with one attached hydrogen (secondary N) is 1. The number of aromatic hydroxyl groups is 2. The molecule has 0 bridgehead atoms. The topological polar surface area (TPSA) is 99.7 Å². The number of hydrazone groups is 1. The average molecular weight is 412 g/mol. The number of aromatic nitrogens is 2. The first-order valence-electron chi connectivity index (χ1n) is 9.62. The van der Waals surface area contributed by atoms with Gasteiger partial charge in [-0.3, -0.25) is 9.48 Å². The Morgan fingerprint density at radius 3 is 2.29 bits per heavy atom. The van der Waals surface area contributed by atoms with Crippen LogP contribution in [-0.4, -0.2) is 32.1 Å². The van der Waals surface area contributed by atoms with E-state index in [-0.39, 0.29) is 17.1 Å². The van der Waals surface area contributed by atoms with E-state index < -0.39 is 5.91 Å². The van der Waals surface area contributed by atoms with Gasteiger partial charge in [0.1, 0.15) is 17.2 Å². The Hall–Kier alpha value is -4.39. The second-order valence-corrected chi connectivity index (χ2v) is 6.92. The number of benzene rings is 3. The molecule has 3 aromatic carbocycles. The number of phenolic OH excluding ortho intramolecular Hbond substituents is 2. The molecule has 4 aromatic rings. The molecule has 0 saturated carbocycles. The van der Waals surface area contributed by atoms with Crippen molar-refractivity contribution in [1.29, 1.82) is 0 Å². The van der Waals surface area contributed by atoms with E-state index in [0.29, 0.717) is 6.54 Å². The van der Waals surface area contributed by atoms with Crippen molar-refractivity contribution in [3.63, 3.8) is 0 Å². The number of amides is 1. The Morgan fingerprint density at radius 1 is 0.968 bits per heavy atom. The Bertz CT molecular complexity index is 1200. The minimum atomic E-state index is -0.555. The molecule has 0 radical (unpaired) electrons. The predicted molar refractivity (Wildman–Crippen MR) is 118 cm³/mol. The fourth-order valence-electron chi connectivity index (χ4n) is 3.15. The van der Waals surface area contributed by atoms with Crippen molar-refractivity contribution in [2.75, 3.05) is 0 Å². The largest absolute Gasteiger partial charge is 0.508 e. The van der Waals surface area contributed by atoms with Gasteiger partial charge in [-0.1, -0.05) is 60.7 Å². The maximum absolute atomic E-state index is 12.3. The van der Waals surface area contributed by atoms with Crippen LogP contribution in [0.4, 0.5) is 0 Å². The molecule has 0 saturated heterocycles. The summed E-state index contributed by atoms with van der Waals surface area (Å²) in [6, 6.07) is 23.3. The Morgan fingerprint density at radius 2 is 1.61 bits per heavy atom. The molecule has 4 rings (SSSR count). The molecule has 1 heterocycles. The van der Waals surface area contributed by atoms with Gasteiger partial charge in [-0.2, -0.15) is 10.2 Å². The van der Waals surface area contributed by atoms with E-state index >= 15 is 0 Å². The van der Waals surface area contributed by atoms with Crippen molar-refractivity contribution in [2.24, 2.45) is 5.10 Å². The molecule has 0 aliphatic heterocycles. The van der Waals surface area contributed by atoms with Crippen LogP contribution in [0.2, 0.25) is 0 Å². The molecule has 7 heteroatoms. The SMILES string of the molecule is O=C(N/N=C/c1cn(Cc2ccccc2)nc1-c1ccccc1)c1cc(O)cc(O)c1. The summed E-state index contributed by atoms with van der Waals surface area (Å²) in [4.78, 5) is 12.3. The van der Waals surface area contributed by atoms with Crippen LogP contribution in [0.15, 0.2) is 90.2 Å². The molecule has 154 valence electrons. The van der Waals surface area contributed by atoms with Crippen LogP contribution in [0.5, 0.6) is 11.5 Å². The van der Waals surface area contributed by atoms with Gasteiger partial charge < -0.3 is 10.2 Å². The standard InChI is InChI=1S/C24H20N4O3/c29-21-11-19(12-22(30)13-21)24(31)26-25-14-20-16-28(15-17-7-3-1-4-8-17)27-23(20)18-9-5-2-6-10-18/h1-14,16,29-30H,15H2,(H,26,31)/b25-14+. The zero-order chi connectivity index (χ0) is 21.6. The van der Waals surface area contributed by atoms with Gasteiger partial charge in [0.05, 0.1) is 12.8 Å². The molecule has 1 aromatic heterocycles. The maximum Gasteiger partial charge on any atom is 0.271 e. The van der Waals surface area contributed by atoms with Gasteiger partial charge >= 0.3 is 0 Å². The number of carbonyl (C=O) groups is 1. The monoisotopic (exact) mass is 412 g/mol. The molecule has 0 aliphatic carbocycles. The van der Waals surface area contributed by atoms with Crippen molar-refractivity contribution < 1.29 is 15.0 Å². The summed E-state index contributed by atoms with van der Waals surface area (Å²) in [5.74, 6) is -0.967. The van der Waals surface area contributed by atoms with Gasteiger partial charge in [-0.05, 0) is 17.7 Å². The molecular weight excluding hydrogens is 392 g/mol. The second kappa shape index (κ2) is 8.96. The lowest BCUT2D eigenvalue weighted by Crippen LogP contribution is -2.17. The van der Waals surface area contributed by atoms with E-state index in [4.69, 9.17) is 5.10 Å². The fourth-order valence-corrected chi connectivity index (χ4v) is 3.15. The summed E-state index contributed by atoms with van der Waals surface area (Å²) in [5, 5.41) is 27.8. The lowest BCUT2D eigenvalue weighted by molar-refractivity contribution is 0.0954. The Kier molecular flexibility index (Phi) is 5.75. The minimum absolute atomic E-state index is 0.0951. The molecule has 3 N–H and O–H groups in total. The molecule has 0 aliphatic rings. The third-order valence-corrected chi connectivity index (χ3v) is 4.56. The van der Waals surface area contributed by atoms with E-state index in [1.165, 1.54) is 18.3 Å². The van der Waals surface area contributed by atoms with Crippen molar-refractivity contribution in [3.8, 4) is 22.8 Å². The highest BCUT2D eigenvalue weighted by atomic mass is 16.3. The zero-order valence-electron chi connectivity index (χ0n) is 16.5. The van der Waals surface area contributed by atoms with E-state index in [2.05, 4.69) is 10.5 Å². The maximum atomic E-state index is 12.3. The number of nitrogens with zero attached hydrogens (tertiary/aromatic N) is 3. The smallest absolute Gasteiger partial charge is 0.271 e. The quantitative estimate of drug-likeness (QED) is 0.331. The van der Waals surface area contributed by atoms with Crippen molar-refractivity contribution >= 4 is 12.1 Å². The fraction of sp³-hybridized carbons (Fsp3) is 0.0417. The summed E-state index contributed by atoms with van der Waals surface area (Å²) in [6.45, 7) is 0.601. The van der Waals surface area contributed by atoms with Crippen LogP contribution in [0.3, 0.4) is 0 Å². The third kappa shape index (κ3) is 4.97. The highest BCUT2D eigenvalue weighted by Crippen LogP contribution is 2.22. The summed E-state index contributed by atoms with van der Waals surface area (Å²) >= 11 is 0. The number of rotatable bonds is 6. The number of phenols is 2. The normalized spacial score (nSPS) is 11.0. The van der Waals surface area contributed by atoms with Crippen LogP contribution in [0.1, 0.15) is 21.5 Å². The third-order valence-electron chi connectivity index (χ3n) is 4.56. The van der Waals surface area contributed by atoms with Crippen molar-refractivity contribution in [2.45, 2.75) is 6.54 Å². The number of hydrogen-bond acceptors (Lipinski definition) is 5. The second-order valence-electron chi connectivity index (χ2n) is 6.92. The van der Waals surface area contributed by atoms with Crippen LogP contribution >= 0.6 is 0 Å². The Labute approximate surface area is 178 Å². The molecule has 0 spiro atoms. The van der Waals surface area contributed by atoms with Gasteiger partial charge in [-0.15, -0.1) is 0 Å². The Balaban J connectivity index is 1.58. The van der Waals surface area contributed by atoms with E-state index in [1.807, 2.05) is 71.5 Å². The highest BCUT2D eigenvalue weighted by Gasteiger charge is 2.11. The zero-order valence-corrected chi connectivity index (χ0v) is 16.5. The van der Waals surface area contributed by atoms with Crippen LogP contribution in [0.25, 0.3) is 11.3 Å². The van der Waals surface area contributed by atoms with Gasteiger partial charge in [0, 0.05) is 29.0 Å². The molecule has 0 atom stereocenters. The summed E-state index contributed by atoms with van der Waals surface area (Å²) in [5.41, 5.74) is 6.03. The first-order valence-corrected chi connectivity index (χ1v) is 9.62. The predicted octanol–water partition coefficient (Wildman–Crippen LogP) is 3.77. The number of hydrogen-bond donors (Lipinski definition) is 3. The molecule has 7 nitrogen and oxygen atoms in total. The van der Waals surface area contributed by atoms with Crippen molar-refractivity contribution in [3.05, 3.63) is 102 Å². The first-order chi connectivity index (χ1) is 15.1. The highest BCUT2D eigenvalue weighted by molar-refractivity contribution is 5.96. The lowest BCUT2D eigenvalue weighted by atomic mass is 10.1. The lowest BCUT2D eigenvalue weighted by Gasteiger charge is -2.02. The van der Waals surface area contributed by atoms with E-state index in [9.17, 15) is 15.0 Å². The molecule has 31 heavy (non-hydrogen) atoms. The van der Waals surface area contributed by atoms with E-state index in [1.54, 1.807) is 0 Å². The molecular formula is C24H20N4O3. The van der Waals surface area contributed by atoms with Crippen LogP contribution < -0.4 is 5.43 Å². The van der Waals surface area contributed by atoms with Gasteiger partial charge in [0.15, 0.2) is 0 Å². The summed E-state index contributed by atoms with van der Waals surface area (Å²) in [7, 11) is 0. The van der Waals surface area contributed by atoms with Gasteiger partial charge in [0.25, 0.3) is 5.91 Å². The summed E-state index contributed by atoms with van der Waals surface area (Å²) < 4.78 is 1.83. The van der Waals surface area contributed by atoms with Crippen LogP contribution in [0, 0.1) is 0 Å². The van der Waals surface area contributed by atoms with E-state index in [0.717, 1.165) is 28.5 Å². The molecule has 0 fully saturated rings. The average Bonchev–Trinajstić information content (AvgIpc) is 3.16. The van der Waals surface area contributed by atoms with Crippen LogP contribution in [-0.2, 0) is 6.54 Å². The van der Waals surface area contributed by atoms with Gasteiger partial charge in [0.2, 0.25) is 0 Å². The molecule has 0 unspecified atom stereocenters. The number of carbonyl (C=O) groups excluding carboxylic acids is 1. The minimum Gasteiger partial charge on any atom is -0.508 e. The first kappa shape index (κ1) is 19.9. The van der Waals surface area contributed by atoms with Gasteiger partial charge in [-0.25, -0.2) is 5.43 Å².